The van der Waals surface area contributed by atoms with E-state index in [2.05, 4.69) is 55.6 Å². The molecule has 30 heavy (non-hydrogen) atoms. The van der Waals surface area contributed by atoms with Crippen LogP contribution in [0, 0.1) is 6.92 Å². The summed E-state index contributed by atoms with van der Waals surface area (Å²) in [4.78, 5) is 14.0. The number of hydrogen-bond donors (Lipinski definition) is 1. The van der Waals surface area contributed by atoms with Crippen LogP contribution < -0.4 is 10.1 Å². The molecule has 0 aliphatic heterocycles. The Labute approximate surface area is 183 Å². The molecule has 3 nitrogen and oxygen atoms in total. The summed E-state index contributed by atoms with van der Waals surface area (Å²) in [6.45, 7) is 8.04. The highest BCUT2D eigenvalue weighted by molar-refractivity contribution is 7.98. The normalized spacial score (nSPS) is 11.9. The number of ether oxygens (including phenoxy) is 1. The third kappa shape index (κ3) is 5.90. The van der Waals surface area contributed by atoms with Gasteiger partial charge in [-0.05, 0) is 60.7 Å². The maximum atomic E-state index is 12.7. The zero-order valence-corrected chi connectivity index (χ0v) is 18.8. The van der Waals surface area contributed by atoms with Crippen LogP contribution in [0.25, 0.3) is 0 Å². The Balaban J connectivity index is 1.61. The van der Waals surface area contributed by atoms with Gasteiger partial charge in [-0.3, -0.25) is 4.79 Å². The molecule has 0 aromatic heterocycles. The molecule has 156 valence electrons. The molecule has 0 spiro atoms. The first kappa shape index (κ1) is 22.0. The van der Waals surface area contributed by atoms with Crippen LogP contribution in [-0.4, -0.2) is 12.0 Å². The number of aryl methyl sites for hydroxylation is 1. The van der Waals surface area contributed by atoms with Gasteiger partial charge in [-0.15, -0.1) is 11.8 Å². The Hall–Kier alpha value is -2.72. The molecule has 1 unspecified atom stereocenters. The van der Waals surface area contributed by atoms with E-state index < -0.39 is 6.10 Å². The van der Waals surface area contributed by atoms with Gasteiger partial charge in [0.05, 0.1) is 0 Å². The lowest BCUT2D eigenvalue weighted by Gasteiger charge is -2.19. The number of hydrogen-bond acceptors (Lipinski definition) is 3. The van der Waals surface area contributed by atoms with Crippen molar-refractivity contribution < 1.29 is 9.53 Å². The molecular formula is C26H29NO2S. The molecule has 0 heterocycles. The Kier molecular flexibility index (Phi) is 7.58. The summed E-state index contributed by atoms with van der Waals surface area (Å²) >= 11 is 1.80. The SMILES string of the molecule is Cc1cc(CSc2ccccc2)ccc1NC(=O)C(C)Oc1ccccc1C(C)C. The number of amides is 1. The maximum absolute atomic E-state index is 12.7. The Morgan fingerprint density at radius 1 is 0.967 bits per heavy atom. The molecule has 4 heteroatoms. The van der Waals surface area contributed by atoms with Crippen molar-refractivity contribution in [3.63, 3.8) is 0 Å². The van der Waals surface area contributed by atoms with E-state index in [0.717, 1.165) is 28.3 Å². The van der Waals surface area contributed by atoms with Crippen molar-refractivity contribution in [1.82, 2.24) is 0 Å². The highest BCUT2D eigenvalue weighted by Gasteiger charge is 2.18. The number of benzene rings is 3. The first-order valence-electron chi connectivity index (χ1n) is 10.3. The molecule has 0 aliphatic rings. The summed E-state index contributed by atoms with van der Waals surface area (Å²) in [5.41, 5.74) is 4.20. The van der Waals surface area contributed by atoms with E-state index >= 15 is 0 Å². The molecule has 0 bridgehead atoms. The lowest BCUT2D eigenvalue weighted by atomic mass is 10.0. The number of nitrogens with one attached hydrogen (secondary N) is 1. The van der Waals surface area contributed by atoms with Crippen LogP contribution in [0.5, 0.6) is 5.75 Å². The van der Waals surface area contributed by atoms with Crippen molar-refractivity contribution in [2.45, 2.75) is 50.4 Å². The van der Waals surface area contributed by atoms with Crippen molar-refractivity contribution in [2.24, 2.45) is 0 Å². The molecule has 1 N–H and O–H groups in total. The van der Waals surface area contributed by atoms with Crippen LogP contribution in [0.2, 0.25) is 0 Å². The summed E-state index contributed by atoms with van der Waals surface area (Å²) in [5, 5.41) is 3.01. The number of rotatable bonds is 8. The van der Waals surface area contributed by atoms with Crippen molar-refractivity contribution in [3.05, 3.63) is 89.5 Å². The van der Waals surface area contributed by atoms with E-state index in [1.165, 1.54) is 10.5 Å². The third-order valence-electron chi connectivity index (χ3n) is 4.91. The lowest BCUT2D eigenvalue weighted by Crippen LogP contribution is -2.30. The van der Waals surface area contributed by atoms with Gasteiger partial charge in [0.25, 0.3) is 5.91 Å². The fourth-order valence-corrected chi connectivity index (χ4v) is 4.04. The van der Waals surface area contributed by atoms with Crippen molar-refractivity contribution in [1.29, 1.82) is 0 Å². The highest BCUT2D eigenvalue weighted by Crippen LogP contribution is 2.28. The molecule has 0 fully saturated rings. The fourth-order valence-electron chi connectivity index (χ4n) is 3.18. The first-order valence-corrected chi connectivity index (χ1v) is 11.3. The van der Waals surface area contributed by atoms with Crippen LogP contribution in [0.3, 0.4) is 0 Å². The topological polar surface area (TPSA) is 38.3 Å². The molecular weight excluding hydrogens is 390 g/mol. The van der Waals surface area contributed by atoms with Crippen LogP contribution >= 0.6 is 11.8 Å². The minimum Gasteiger partial charge on any atom is -0.481 e. The molecule has 3 aromatic carbocycles. The van der Waals surface area contributed by atoms with E-state index in [1.807, 2.05) is 43.3 Å². The summed E-state index contributed by atoms with van der Waals surface area (Å²) in [6, 6.07) is 24.4. The van der Waals surface area contributed by atoms with Gasteiger partial charge in [0.15, 0.2) is 6.10 Å². The zero-order valence-electron chi connectivity index (χ0n) is 18.0. The summed E-state index contributed by atoms with van der Waals surface area (Å²) in [6.07, 6.45) is -0.586. The third-order valence-corrected chi connectivity index (χ3v) is 5.99. The molecule has 0 saturated heterocycles. The molecule has 0 saturated carbocycles. The smallest absolute Gasteiger partial charge is 0.265 e. The van der Waals surface area contributed by atoms with Gasteiger partial charge in [-0.1, -0.05) is 62.4 Å². The van der Waals surface area contributed by atoms with E-state index in [0.29, 0.717) is 5.92 Å². The Morgan fingerprint density at radius 2 is 1.67 bits per heavy atom. The average Bonchev–Trinajstić information content (AvgIpc) is 2.75. The summed E-state index contributed by atoms with van der Waals surface area (Å²) in [5.74, 6) is 1.84. The second-order valence-corrected chi connectivity index (χ2v) is 8.74. The Morgan fingerprint density at radius 3 is 2.37 bits per heavy atom. The highest BCUT2D eigenvalue weighted by atomic mass is 32.2. The predicted octanol–water partition coefficient (Wildman–Crippen LogP) is 6.82. The molecule has 0 radical (unpaired) electrons. The van der Waals surface area contributed by atoms with E-state index in [4.69, 9.17) is 4.74 Å². The monoisotopic (exact) mass is 419 g/mol. The first-order chi connectivity index (χ1) is 14.4. The van der Waals surface area contributed by atoms with Crippen LogP contribution in [-0.2, 0) is 10.5 Å². The largest absolute Gasteiger partial charge is 0.481 e. The van der Waals surface area contributed by atoms with Gasteiger partial charge in [-0.2, -0.15) is 0 Å². The minimum atomic E-state index is -0.586. The van der Waals surface area contributed by atoms with Gasteiger partial charge >= 0.3 is 0 Å². The minimum absolute atomic E-state index is 0.150. The number of carbonyl (C=O) groups is 1. The number of thioether (sulfide) groups is 1. The van der Waals surface area contributed by atoms with E-state index in [-0.39, 0.29) is 5.91 Å². The van der Waals surface area contributed by atoms with Crippen molar-refractivity contribution in [2.75, 3.05) is 5.32 Å². The predicted molar refractivity (Wildman–Crippen MR) is 126 cm³/mol. The van der Waals surface area contributed by atoms with Gasteiger partial charge < -0.3 is 10.1 Å². The van der Waals surface area contributed by atoms with Crippen LogP contribution in [0.15, 0.2) is 77.7 Å². The zero-order chi connectivity index (χ0) is 21.5. The second-order valence-electron chi connectivity index (χ2n) is 7.69. The van der Waals surface area contributed by atoms with Gasteiger partial charge in [0, 0.05) is 16.3 Å². The molecule has 3 rings (SSSR count). The quantitative estimate of drug-likeness (QED) is 0.407. The van der Waals surface area contributed by atoms with Crippen molar-refractivity contribution in [3.8, 4) is 5.75 Å². The summed E-state index contributed by atoms with van der Waals surface area (Å²) in [7, 11) is 0. The Bertz CT molecular complexity index is 985. The van der Waals surface area contributed by atoms with Gasteiger partial charge in [0.1, 0.15) is 5.75 Å². The molecule has 3 aromatic rings. The van der Waals surface area contributed by atoms with Gasteiger partial charge in [0.2, 0.25) is 0 Å². The maximum Gasteiger partial charge on any atom is 0.265 e. The van der Waals surface area contributed by atoms with Crippen molar-refractivity contribution >= 4 is 23.4 Å². The standard InChI is InChI=1S/C26H29NO2S/c1-18(2)23-12-8-9-13-25(23)29-20(4)26(28)27-24-15-14-21(16-19(24)3)17-30-22-10-6-5-7-11-22/h5-16,18,20H,17H2,1-4H3,(H,27,28). The molecule has 1 amide bonds. The van der Waals surface area contributed by atoms with Crippen LogP contribution in [0.1, 0.15) is 43.4 Å². The molecule has 0 aliphatic carbocycles. The number of anilines is 1. The second kappa shape index (κ2) is 10.4. The van der Waals surface area contributed by atoms with Gasteiger partial charge in [-0.25, -0.2) is 0 Å². The van der Waals surface area contributed by atoms with E-state index in [9.17, 15) is 4.79 Å². The van der Waals surface area contributed by atoms with E-state index in [1.54, 1.807) is 18.7 Å². The number of carbonyl (C=O) groups excluding carboxylic acids is 1. The fraction of sp³-hybridized carbons (Fsp3) is 0.269. The average molecular weight is 420 g/mol. The molecule has 1 atom stereocenters. The summed E-state index contributed by atoms with van der Waals surface area (Å²) < 4.78 is 5.98. The van der Waals surface area contributed by atoms with Crippen LogP contribution in [0.4, 0.5) is 5.69 Å². The lowest BCUT2D eigenvalue weighted by molar-refractivity contribution is -0.122. The number of para-hydroxylation sites is 1.